The van der Waals surface area contributed by atoms with E-state index in [1.165, 1.54) is 11.1 Å². The van der Waals surface area contributed by atoms with Crippen LogP contribution >= 0.6 is 11.6 Å². The van der Waals surface area contributed by atoms with Gasteiger partial charge < -0.3 is 9.64 Å². The van der Waals surface area contributed by atoms with Crippen LogP contribution in [0.1, 0.15) is 22.7 Å². The number of carbonyl (C=O) groups is 1. The Morgan fingerprint density at radius 2 is 1.58 bits per heavy atom. The zero-order chi connectivity index (χ0) is 21.6. The van der Waals surface area contributed by atoms with E-state index in [9.17, 15) is 4.79 Å². The topological polar surface area (TPSA) is 32.8 Å². The normalized spacial score (nSPS) is 15.5. The predicted molar refractivity (Wildman–Crippen MR) is 125 cm³/mol. The van der Waals surface area contributed by atoms with Crippen LogP contribution in [0.5, 0.6) is 5.75 Å². The van der Waals surface area contributed by atoms with E-state index in [1.54, 1.807) is 7.11 Å². The van der Waals surface area contributed by atoms with Crippen molar-refractivity contribution in [1.82, 2.24) is 9.80 Å². The van der Waals surface area contributed by atoms with E-state index in [2.05, 4.69) is 41.3 Å². The van der Waals surface area contributed by atoms with Crippen LogP contribution in [-0.2, 0) is 11.2 Å². The molecule has 0 aliphatic carbocycles. The van der Waals surface area contributed by atoms with Gasteiger partial charge in [-0.1, -0.05) is 66.2 Å². The molecule has 31 heavy (non-hydrogen) atoms. The second kappa shape index (κ2) is 9.99. The number of halogens is 1. The Kier molecular flexibility index (Phi) is 6.90. The van der Waals surface area contributed by atoms with Gasteiger partial charge in [0.2, 0.25) is 5.91 Å². The summed E-state index contributed by atoms with van der Waals surface area (Å²) in [4.78, 5) is 17.3. The van der Waals surface area contributed by atoms with Gasteiger partial charge >= 0.3 is 0 Å². The first kappa shape index (κ1) is 21.4. The van der Waals surface area contributed by atoms with E-state index in [4.69, 9.17) is 16.3 Å². The maximum Gasteiger partial charge on any atom is 0.227 e. The highest BCUT2D eigenvalue weighted by Crippen LogP contribution is 2.30. The molecule has 1 aliphatic heterocycles. The Bertz CT molecular complexity index is 999. The third-order valence-electron chi connectivity index (χ3n) is 5.82. The monoisotopic (exact) mass is 434 g/mol. The van der Waals surface area contributed by atoms with Gasteiger partial charge in [0.05, 0.1) is 19.6 Å². The fraction of sp³-hybridized carbons (Fsp3) is 0.269. The SMILES string of the molecule is COc1cccc(CC(=O)N2CCN([C@H](c3ccccc3)c3ccc(Cl)cc3)CC2)c1. The van der Waals surface area contributed by atoms with Crippen LogP contribution in [0, 0.1) is 0 Å². The van der Waals surface area contributed by atoms with Gasteiger partial charge in [-0.3, -0.25) is 9.69 Å². The van der Waals surface area contributed by atoms with Crippen LogP contribution in [-0.4, -0.2) is 49.0 Å². The fourth-order valence-electron chi connectivity index (χ4n) is 4.19. The Labute approximate surface area is 189 Å². The van der Waals surface area contributed by atoms with Crippen molar-refractivity contribution in [1.29, 1.82) is 0 Å². The van der Waals surface area contributed by atoms with Crippen LogP contribution in [0.15, 0.2) is 78.9 Å². The summed E-state index contributed by atoms with van der Waals surface area (Å²) in [5, 5.41) is 0.739. The van der Waals surface area contributed by atoms with E-state index in [0.29, 0.717) is 6.42 Å². The van der Waals surface area contributed by atoms with Crippen molar-refractivity contribution in [3.05, 3.63) is 101 Å². The number of hydrogen-bond acceptors (Lipinski definition) is 3. The van der Waals surface area contributed by atoms with Gasteiger partial charge in [-0.25, -0.2) is 0 Å². The lowest BCUT2D eigenvalue weighted by Crippen LogP contribution is -2.50. The number of rotatable bonds is 6. The predicted octanol–water partition coefficient (Wildman–Crippen LogP) is 4.82. The summed E-state index contributed by atoms with van der Waals surface area (Å²) >= 11 is 6.12. The second-order valence-corrected chi connectivity index (χ2v) is 8.25. The van der Waals surface area contributed by atoms with Crippen molar-refractivity contribution in [3.63, 3.8) is 0 Å². The summed E-state index contributed by atoms with van der Waals surface area (Å²) in [5.41, 5.74) is 3.45. The van der Waals surface area contributed by atoms with E-state index >= 15 is 0 Å². The molecule has 3 aromatic carbocycles. The molecule has 160 valence electrons. The van der Waals surface area contributed by atoms with Gasteiger partial charge in [0, 0.05) is 31.2 Å². The standard InChI is InChI=1S/C26H27ClN2O2/c1-31-24-9-5-6-20(18-24)19-25(30)28-14-16-29(17-15-28)26(21-7-3-2-4-8-21)22-10-12-23(27)13-11-22/h2-13,18,26H,14-17,19H2,1H3/t26-/m1/s1. The van der Waals surface area contributed by atoms with E-state index in [0.717, 1.165) is 42.5 Å². The van der Waals surface area contributed by atoms with Crippen molar-refractivity contribution in [2.75, 3.05) is 33.3 Å². The summed E-state index contributed by atoms with van der Waals surface area (Å²) < 4.78 is 5.27. The smallest absolute Gasteiger partial charge is 0.227 e. The third-order valence-corrected chi connectivity index (χ3v) is 6.07. The van der Waals surface area contributed by atoms with Gasteiger partial charge in [-0.2, -0.15) is 0 Å². The van der Waals surface area contributed by atoms with Gasteiger partial charge in [-0.15, -0.1) is 0 Å². The number of piperazine rings is 1. The van der Waals surface area contributed by atoms with Crippen molar-refractivity contribution in [3.8, 4) is 5.75 Å². The lowest BCUT2D eigenvalue weighted by molar-refractivity contribution is -0.132. The number of hydrogen-bond donors (Lipinski definition) is 0. The molecular formula is C26H27ClN2O2. The van der Waals surface area contributed by atoms with Gasteiger partial charge in [-0.05, 0) is 41.0 Å². The minimum absolute atomic E-state index is 0.147. The third kappa shape index (κ3) is 5.27. The van der Waals surface area contributed by atoms with E-state index < -0.39 is 0 Å². The number of amides is 1. The zero-order valence-corrected chi connectivity index (χ0v) is 18.5. The minimum Gasteiger partial charge on any atom is -0.497 e. The van der Waals surface area contributed by atoms with Crippen molar-refractivity contribution in [2.45, 2.75) is 12.5 Å². The average Bonchev–Trinajstić information content (AvgIpc) is 2.82. The quantitative estimate of drug-likeness (QED) is 0.557. The molecule has 4 nitrogen and oxygen atoms in total. The van der Waals surface area contributed by atoms with Crippen LogP contribution in [0.25, 0.3) is 0 Å². The molecule has 0 bridgehead atoms. The highest BCUT2D eigenvalue weighted by Gasteiger charge is 2.28. The van der Waals surface area contributed by atoms with Gasteiger partial charge in [0.15, 0.2) is 0 Å². The number of methoxy groups -OCH3 is 1. The van der Waals surface area contributed by atoms with E-state index in [-0.39, 0.29) is 11.9 Å². The van der Waals surface area contributed by atoms with Crippen LogP contribution in [0.4, 0.5) is 0 Å². The first-order chi connectivity index (χ1) is 15.1. The Morgan fingerprint density at radius 3 is 2.26 bits per heavy atom. The van der Waals surface area contributed by atoms with Crippen molar-refractivity contribution in [2.24, 2.45) is 0 Å². The Hall–Kier alpha value is -2.82. The molecule has 0 aromatic heterocycles. The zero-order valence-electron chi connectivity index (χ0n) is 17.7. The molecule has 1 atom stereocenters. The maximum absolute atomic E-state index is 12.9. The average molecular weight is 435 g/mol. The molecule has 0 spiro atoms. The second-order valence-electron chi connectivity index (χ2n) is 7.81. The lowest BCUT2D eigenvalue weighted by atomic mass is 9.96. The number of nitrogens with zero attached hydrogens (tertiary/aromatic N) is 2. The molecule has 4 rings (SSSR count). The molecule has 1 amide bonds. The summed E-state index contributed by atoms with van der Waals surface area (Å²) in [6, 6.07) is 26.5. The Balaban J connectivity index is 1.45. The van der Waals surface area contributed by atoms with Crippen LogP contribution in [0.2, 0.25) is 5.02 Å². The van der Waals surface area contributed by atoms with Gasteiger partial charge in [0.1, 0.15) is 5.75 Å². The molecule has 1 saturated heterocycles. The largest absolute Gasteiger partial charge is 0.497 e. The summed E-state index contributed by atoms with van der Waals surface area (Å²) in [6.07, 6.45) is 0.399. The lowest BCUT2D eigenvalue weighted by Gasteiger charge is -2.40. The molecule has 1 fully saturated rings. The molecule has 0 saturated carbocycles. The first-order valence-electron chi connectivity index (χ1n) is 10.6. The summed E-state index contributed by atoms with van der Waals surface area (Å²) in [6.45, 7) is 3.09. The Morgan fingerprint density at radius 1 is 0.903 bits per heavy atom. The molecule has 1 heterocycles. The van der Waals surface area contributed by atoms with Crippen LogP contribution < -0.4 is 4.74 Å². The molecule has 3 aromatic rings. The minimum atomic E-state index is 0.147. The molecule has 1 aliphatic rings. The van der Waals surface area contributed by atoms with E-state index in [1.807, 2.05) is 47.4 Å². The molecule has 0 radical (unpaired) electrons. The highest BCUT2D eigenvalue weighted by molar-refractivity contribution is 6.30. The van der Waals surface area contributed by atoms with Crippen molar-refractivity contribution < 1.29 is 9.53 Å². The van der Waals surface area contributed by atoms with Crippen LogP contribution in [0.3, 0.4) is 0 Å². The summed E-state index contributed by atoms with van der Waals surface area (Å²) in [5.74, 6) is 0.944. The number of benzene rings is 3. The molecule has 5 heteroatoms. The highest BCUT2D eigenvalue weighted by atomic mass is 35.5. The maximum atomic E-state index is 12.9. The number of ether oxygens (including phenoxy) is 1. The van der Waals surface area contributed by atoms with Gasteiger partial charge in [0.25, 0.3) is 0 Å². The molecule has 0 unspecified atom stereocenters. The first-order valence-corrected chi connectivity index (χ1v) is 11.0. The molecule has 0 N–H and O–H groups in total. The molecular weight excluding hydrogens is 408 g/mol. The fourth-order valence-corrected chi connectivity index (χ4v) is 4.32. The van der Waals surface area contributed by atoms with Crippen molar-refractivity contribution >= 4 is 17.5 Å². The summed E-state index contributed by atoms with van der Waals surface area (Å²) in [7, 11) is 1.64. The number of carbonyl (C=O) groups excluding carboxylic acids is 1.